The van der Waals surface area contributed by atoms with Crippen LogP contribution >= 0.6 is 0 Å². The molecule has 1 saturated heterocycles. The number of carbonyl (C=O) groups is 1. The first-order valence-electron chi connectivity index (χ1n) is 13.0. The Hall–Kier alpha value is -4.60. The van der Waals surface area contributed by atoms with E-state index >= 15 is 0 Å². The molecular weight excluding hydrogens is 494 g/mol. The summed E-state index contributed by atoms with van der Waals surface area (Å²) in [5, 5.41) is 10.8. The smallest absolute Gasteiger partial charge is 0.273 e. The number of piperidine rings is 1. The molecule has 10 heteroatoms. The minimum Gasteiger partial charge on any atom is -0.497 e. The lowest BCUT2D eigenvalue weighted by Gasteiger charge is -2.28. The van der Waals surface area contributed by atoms with Crippen molar-refractivity contribution in [1.29, 1.82) is 0 Å². The zero-order chi connectivity index (χ0) is 27.4. The van der Waals surface area contributed by atoms with Crippen LogP contribution in [0.4, 0.5) is 23.1 Å². The van der Waals surface area contributed by atoms with Gasteiger partial charge in [-0.2, -0.15) is 10.1 Å². The summed E-state index contributed by atoms with van der Waals surface area (Å²) >= 11 is 0. The number of anilines is 4. The minimum atomic E-state index is -0.271. The number of nitrogens with one attached hydrogen (secondary N) is 2. The number of aryl methyl sites for hydroxylation is 2. The average molecular weight is 528 g/mol. The van der Waals surface area contributed by atoms with Crippen LogP contribution in [0.15, 0.2) is 54.6 Å². The van der Waals surface area contributed by atoms with E-state index in [4.69, 9.17) is 14.5 Å². The van der Waals surface area contributed by atoms with Crippen molar-refractivity contribution in [3.05, 3.63) is 66.0 Å². The van der Waals surface area contributed by atoms with Crippen LogP contribution in [-0.4, -0.2) is 53.0 Å². The summed E-state index contributed by atoms with van der Waals surface area (Å²) in [5.74, 6) is 2.56. The molecule has 1 amide bonds. The van der Waals surface area contributed by atoms with Crippen LogP contribution in [0.5, 0.6) is 11.5 Å². The maximum Gasteiger partial charge on any atom is 0.273 e. The van der Waals surface area contributed by atoms with Crippen molar-refractivity contribution in [1.82, 2.24) is 19.7 Å². The molecule has 0 unspecified atom stereocenters. The van der Waals surface area contributed by atoms with Crippen molar-refractivity contribution in [2.24, 2.45) is 7.05 Å². The second kappa shape index (κ2) is 11.4. The Labute approximate surface area is 228 Å². The Morgan fingerprint density at radius 1 is 0.897 bits per heavy atom. The number of nitrogens with zero attached hydrogens (tertiary/aromatic N) is 5. The topological polar surface area (TPSA) is 106 Å². The fraction of sp³-hybridized carbons (Fsp3) is 0.310. The highest BCUT2D eigenvalue weighted by Crippen LogP contribution is 2.33. The van der Waals surface area contributed by atoms with Crippen LogP contribution in [0.1, 0.15) is 35.4 Å². The molecule has 2 aromatic heterocycles. The molecule has 2 aromatic carbocycles. The average Bonchev–Trinajstić information content (AvgIpc) is 3.35. The number of hydrogen-bond donors (Lipinski definition) is 2. The quantitative estimate of drug-likeness (QED) is 0.323. The molecule has 1 aliphatic rings. The molecular formula is C29H33N7O3. The fourth-order valence-corrected chi connectivity index (χ4v) is 4.68. The Morgan fingerprint density at radius 2 is 1.64 bits per heavy atom. The van der Waals surface area contributed by atoms with E-state index in [9.17, 15) is 4.79 Å². The van der Waals surface area contributed by atoms with Gasteiger partial charge in [-0.1, -0.05) is 0 Å². The van der Waals surface area contributed by atoms with Gasteiger partial charge in [0.15, 0.2) is 0 Å². The summed E-state index contributed by atoms with van der Waals surface area (Å²) in [6.07, 6.45) is 3.65. The van der Waals surface area contributed by atoms with Crippen molar-refractivity contribution in [2.45, 2.75) is 26.2 Å². The molecule has 0 aliphatic carbocycles. The number of hydrogen-bond acceptors (Lipinski definition) is 8. The van der Waals surface area contributed by atoms with Gasteiger partial charge < -0.3 is 25.0 Å². The second-order valence-electron chi connectivity index (χ2n) is 9.50. The molecule has 0 saturated carbocycles. The Bertz CT molecular complexity index is 1460. The molecule has 1 fully saturated rings. The lowest BCUT2D eigenvalue weighted by molar-refractivity contribution is 0.101. The number of ether oxygens (including phenoxy) is 2. The predicted molar refractivity (Wildman–Crippen MR) is 152 cm³/mol. The summed E-state index contributed by atoms with van der Waals surface area (Å²) in [7, 11) is 4.93. The van der Waals surface area contributed by atoms with Gasteiger partial charge in [0.1, 0.15) is 23.0 Å². The van der Waals surface area contributed by atoms with Crippen molar-refractivity contribution < 1.29 is 14.3 Å². The van der Waals surface area contributed by atoms with Crippen molar-refractivity contribution in [3.63, 3.8) is 0 Å². The molecule has 0 spiro atoms. The zero-order valence-corrected chi connectivity index (χ0v) is 22.7. The molecule has 3 heterocycles. The van der Waals surface area contributed by atoms with Gasteiger partial charge in [-0.3, -0.25) is 9.48 Å². The normalized spacial score (nSPS) is 13.2. The lowest BCUT2D eigenvalue weighted by Crippen LogP contribution is -2.30. The highest BCUT2D eigenvalue weighted by Gasteiger charge is 2.18. The molecule has 0 radical (unpaired) electrons. The summed E-state index contributed by atoms with van der Waals surface area (Å²) < 4.78 is 12.4. The van der Waals surface area contributed by atoms with E-state index in [1.54, 1.807) is 32.0 Å². The van der Waals surface area contributed by atoms with E-state index in [1.807, 2.05) is 55.5 Å². The highest BCUT2D eigenvalue weighted by atomic mass is 16.5. The third-order valence-electron chi connectivity index (χ3n) is 6.71. The van der Waals surface area contributed by atoms with E-state index < -0.39 is 0 Å². The molecule has 1 aliphatic heterocycles. The molecule has 202 valence electrons. The molecule has 39 heavy (non-hydrogen) atoms. The van der Waals surface area contributed by atoms with Crippen LogP contribution < -0.4 is 25.0 Å². The van der Waals surface area contributed by atoms with E-state index in [0.29, 0.717) is 34.5 Å². The van der Waals surface area contributed by atoms with E-state index in [2.05, 4.69) is 25.6 Å². The largest absolute Gasteiger partial charge is 0.497 e. The van der Waals surface area contributed by atoms with Crippen LogP contribution in [0.2, 0.25) is 0 Å². The number of methoxy groups -OCH3 is 2. The maximum absolute atomic E-state index is 13.1. The third-order valence-corrected chi connectivity index (χ3v) is 6.71. The Morgan fingerprint density at radius 3 is 2.36 bits per heavy atom. The van der Waals surface area contributed by atoms with Crippen LogP contribution in [-0.2, 0) is 7.05 Å². The number of carbonyl (C=O) groups excluding carboxylic acids is 1. The number of aromatic nitrogens is 4. The van der Waals surface area contributed by atoms with Crippen LogP contribution in [0.25, 0.3) is 11.3 Å². The summed E-state index contributed by atoms with van der Waals surface area (Å²) in [6.45, 7) is 4.03. The van der Waals surface area contributed by atoms with Gasteiger partial charge in [0.05, 0.1) is 19.9 Å². The van der Waals surface area contributed by atoms with E-state index in [1.165, 1.54) is 19.3 Å². The first-order chi connectivity index (χ1) is 18.9. The molecule has 0 bridgehead atoms. The number of rotatable bonds is 8. The van der Waals surface area contributed by atoms with Crippen molar-refractivity contribution >= 4 is 29.0 Å². The molecule has 10 nitrogen and oxygen atoms in total. The van der Waals surface area contributed by atoms with Gasteiger partial charge in [0, 0.05) is 48.8 Å². The minimum absolute atomic E-state index is 0.271. The summed E-state index contributed by atoms with van der Waals surface area (Å²) in [5.41, 5.74) is 4.17. The third kappa shape index (κ3) is 5.95. The number of benzene rings is 2. The predicted octanol–water partition coefficient (Wildman–Crippen LogP) is 5.19. The highest BCUT2D eigenvalue weighted by molar-refractivity contribution is 6.03. The maximum atomic E-state index is 13.1. The fourth-order valence-electron chi connectivity index (χ4n) is 4.68. The molecule has 4 aromatic rings. The van der Waals surface area contributed by atoms with Gasteiger partial charge in [-0.05, 0) is 74.7 Å². The Balaban J connectivity index is 1.28. The standard InChI is InChI=1S/C29H33N7O3/c1-19-16-27(36-14-6-5-7-15-36)33-29(30-19)32-21-10-8-20(9-11-21)31-28(37)25-18-24(34-35(25)2)23-17-22(38-3)12-13-26(23)39-4/h8-13,16-18H,5-7,14-15H2,1-4H3,(H,31,37)(H,30,32,33). The van der Waals surface area contributed by atoms with Crippen LogP contribution in [0, 0.1) is 6.92 Å². The zero-order valence-electron chi connectivity index (χ0n) is 22.7. The Kier molecular flexibility index (Phi) is 7.62. The van der Waals surface area contributed by atoms with E-state index in [-0.39, 0.29) is 5.91 Å². The summed E-state index contributed by atoms with van der Waals surface area (Å²) in [4.78, 5) is 24.7. The van der Waals surface area contributed by atoms with Gasteiger partial charge in [0.25, 0.3) is 5.91 Å². The van der Waals surface area contributed by atoms with Crippen molar-refractivity contribution in [3.8, 4) is 22.8 Å². The van der Waals surface area contributed by atoms with E-state index in [0.717, 1.165) is 35.9 Å². The lowest BCUT2D eigenvalue weighted by atomic mass is 10.1. The number of amides is 1. The van der Waals surface area contributed by atoms with Gasteiger partial charge in [-0.25, -0.2) is 4.98 Å². The molecule has 2 N–H and O–H groups in total. The second-order valence-corrected chi connectivity index (χ2v) is 9.50. The van der Waals surface area contributed by atoms with Gasteiger partial charge >= 0.3 is 0 Å². The first kappa shape index (κ1) is 26.0. The van der Waals surface area contributed by atoms with Crippen LogP contribution in [0.3, 0.4) is 0 Å². The molecule has 0 atom stereocenters. The van der Waals surface area contributed by atoms with Gasteiger partial charge in [0.2, 0.25) is 5.95 Å². The monoisotopic (exact) mass is 527 g/mol. The van der Waals surface area contributed by atoms with Gasteiger partial charge in [-0.15, -0.1) is 0 Å². The van der Waals surface area contributed by atoms with Crippen molar-refractivity contribution in [2.75, 3.05) is 42.8 Å². The SMILES string of the molecule is COc1ccc(OC)c(-c2cc(C(=O)Nc3ccc(Nc4nc(C)cc(N5CCCCC5)n4)cc3)n(C)n2)c1. The molecule has 5 rings (SSSR count). The first-order valence-corrected chi connectivity index (χ1v) is 13.0. The summed E-state index contributed by atoms with van der Waals surface area (Å²) in [6, 6.07) is 16.7.